The molecule has 1 heterocycles. The number of hydrogen-bond donors (Lipinski definition) is 0. The van der Waals surface area contributed by atoms with E-state index in [0.717, 1.165) is 0 Å². The molecule has 0 radical (unpaired) electrons. The molecule has 0 N–H and O–H groups in total. The van der Waals surface area contributed by atoms with Crippen molar-refractivity contribution in [2.75, 3.05) is 20.3 Å². The maximum Gasteiger partial charge on any atom is 0.354 e. The predicted octanol–water partition coefficient (Wildman–Crippen LogP) is 1.20. The van der Waals surface area contributed by atoms with Crippen LogP contribution in [0.5, 0.6) is 0 Å². The van der Waals surface area contributed by atoms with Crippen LogP contribution in [0.25, 0.3) is 0 Å². The van der Waals surface area contributed by atoms with E-state index in [2.05, 4.69) is 4.74 Å². The summed E-state index contributed by atoms with van der Waals surface area (Å²) in [5, 5.41) is 0. The fraction of sp³-hybridized carbons (Fsp3) is 0.533. The first-order chi connectivity index (χ1) is 10.3. The van der Waals surface area contributed by atoms with Crippen LogP contribution in [0, 0.1) is 0 Å². The quantitative estimate of drug-likeness (QED) is 0.446. The highest BCUT2D eigenvalue weighted by molar-refractivity contribution is 6.06. The average Bonchev–Trinajstić information content (AvgIpc) is 2.88. The second kappa shape index (κ2) is 7.11. The lowest BCUT2D eigenvalue weighted by atomic mass is 9.86. The van der Waals surface area contributed by atoms with Crippen molar-refractivity contribution in [2.45, 2.75) is 26.2 Å². The van der Waals surface area contributed by atoms with Crippen molar-refractivity contribution in [2.24, 2.45) is 7.05 Å². The van der Waals surface area contributed by atoms with Gasteiger partial charge in [-0.2, -0.15) is 0 Å². The fourth-order valence-electron chi connectivity index (χ4n) is 2.17. The lowest BCUT2D eigenvalue weighted by Gasteiger charge is -2.26. The maximum atomic E-state index is 12.3. The van der Waals surface area contributed by atoms with Crippen molar-refractivity contribution in [1.82, 2.24) is 4.57 Å². The highest BCUT2D eigenvalue weighted by Crippen LogP contribution is 2.29. The molecule has 0 bridgehead atoms. The summed E-state index contributed by atoms with van der Waals surface area (Å²) in [6, 6.07) is 3.00. The van der Waals surface area contributed by atoms with Crippen LogP contribution in [-0.2, 0) is 36.3 Å². The Labute approximate surface area is 129 Å². The minimum atomic E-state index is -1.66. The molecule has 7 heteroatoms. The van der Waals surface area contributed by atoms with Gasteiger partial charge in [0, 0.05) is 12.7 Å². The number of methoxy groups -OCH3 is 1. The van der Waals surface area contributed by atoms with Crippen molar-refractivity contribution < 1.29 is 28.6 Å². The average molecular weight is 311 g/mol. The predicted molar refractivity (Wildman–Crippen MR) is 77.4 cm³/mol. The minimum Gasteiger partial charge on any atom is -0.465 e. The van der Waals surface area contributed by atoms with Crippen LogP contribution in [0.15, 0.2) is 12.1 Å². The topological polar surface area (TPSA) is 83.8 Å². The van der Waals surface area contributed by atoms with E-state index in [1.54, 1.807) is 20.9 Å². The van der Waals surface area contributed by atoms with Gasteiger partial charge in [0.05, 0.1) is 20.3 Å². The van der Waals surface area contributed by atoms with Crippen molar-refractivity contribution in [1.29, 1.82) is 0 Å². The van der Waals surface area contributed by atoms with Gasteiger partial charge >= 0.3 is 17.9 Å². The largest absolute Gasteiger partial charge is 0.465 e. The van der Waals surface area contributed by atoms with Gasteiger partial charge in [-0.15, -0.1) is 0 Å². The van der Waals surface area contributed by atoms with Gasteiger partial charge in [0.2, 0.25) is 5.41 Å². The number of aromatic nitrogens is 1. The van der Waals surface area contributed by atoms with E-state index in [0.29, 0.717) is 5.69 Å². The third kappa shape index (κ3) is 2.98. The van der Waals surface area contributed by atoms with E-state index in [-0.39, 0.29) is 18.9 Å². The zero-order chi connectivity index (χ0) is 16.9. The number of nitrogens with zero attached hydrogens (tertiary/aromatic N) is 1. The molecule has 22 heavy (non-hydrogen) atoms. The Bertz CT molecular complexity index is 557. The van der Waals surface area contributed by atoms with Gasteiger partial charge in [-0.25, -0.2) is 4.79 Å². The second-order valence-corrected chi connectivity index (χ2v) is 4.72. The molecule has 0 aromatic carbocycles. The second-order valence-electron chi connectivity index (χ2n) is 4.72. The van der Waals surface area contributed by atoms with Crippen LogP contribution in [0.3, 0.4) is 0 Å². The number of hydrogen-bond acceptors (Lipinski definition) is 6. The van der Waals surface area contributed by atoms with E-state index in [1.807, 2.05) is 0 Å². The Morgan fingerprint density at radius 1 is 1.09 bits per heavy atom. The van der Waals surface area contributed by atoms with E-state index in [1.165, 1.54) is 30.7 Å². The Morgan fingerprint density at radius 2 is 1.59 bits per heavy atom. The first-order valence-corrected chi connectivity index (χ1v) is 6.93. The molecular weight excluding hydrogens is 290 g/mol. The Kier molecular flexibility index (Phi) is 5.73. The molecule has 0 spiro atoms. The van der Waals surface area contributed by atoms with Gasteiger partial charge in [-0.05, 0) is 32.9 Å². The lowest BCUT2D eigenvalue weighted by molar-refractivity contribution is -0.164. The molecule has 0 unspecified atom stereocenters. The third-order valence-corrected chi connectivity index (χ3v) is 3.40. The smallest absolute Gasteiger partial charge is 0.354 e. The third-order valence-electron chi connectivity index (χ3n) is 3.40. The highest BCUT2D eigenvalue weighted by atomic mass is 16.6. The SMILES string of the molecule is CCOC(=O)C(C)(C(=O)OCC)c1ccc(C(=O)OC)n1C. The number of rotatable bonds is 6. The summed E-state index contributed by atoms with van der Waals surface area (Å²) >= 11 is 0. The molecule has 1 aromatic heterocycles. The Balaban J connectivity index is 3.40. The van der Waals surface area contributed by atoms with Gasteiger partial charge in [0.25, 0.3) is 0 Å². The molecule has 0 saturated heterocycles. The molecule has 1 rings (SSSR count). The minimum absolute atomic E-state index is 0.127. The van der Waals surface area contributed by atoms with Gasteiger partial charge in [0.15, 0.2) is 0 Å². The summed E-state index contributed by atoms with van der Waals surface area (Å²) in [4.78, 5) is 36.4. The summed E-state index contributed by atoms with van der Waals surface area (Å²) in [6.45, 7) is 4.96. The first kappa shape index (κ1) is 17.7. The first-order valence-electron chi connectivity index (χ1n) is 6.93. The van der Waals surface area contributed by atoms with Crippen molar-refractivity contribution in [3.63, 3.8) is 0 Å². The summed E-state index contributed by atoms with van der Waals surface area (Å²) in [5.74, 6) is -2.03. The zero-order valence-electron chi connectivity index (χ0n) is 13.5. The van der Waals surface area contributed by atoms with E-state index in [4.69, 9.17) is 9.47 Å². The fourth-order valence-corrected chi connectivity index (χ4v) is 2.17. The normalized spacial score (nSPS) is 11.0. The number of esters is 3. The van der Waals surface area contributed by atoms with Crippen LogP contribution in [0.1, 0.15) is 37.0 Å². The molecule has 0 aliphatic carbocycles. The highest BCUT2D eigenvalue weighted by Gasteiger charge is 2.48. The van der Waals surface area contributed by atoms with Crippen LogP contribution < -0.4 is 0 Å². The van der Waals surface area contributed by atoms with E-state index in [9.17, 15) is 14.4 Å². The summed E-state index contributed by atoms with van der Waals surface area (Å²) in [6.07, 6.45) is 0. The molecular formula is C15H21NO6. The van der Waals surface area contributed by atoms with Crippen molar-refractivity contribution >= 4 is 17.9 Å². The monoisotopic (exact) mass is 311 g/mol. The molecule has 1 aromatic rings. The van der Waals surface area contributed by atoms with E-state index >= 15 is 0 Å². The van der Waals surface area contributed by atoms with Crippen molar-refractivity contribution in [3.05, 3.63) is 23.5 Å². The molecule has 0 saturated carbocycles. The molecule has 0 fully saturated rings. The van der Waals surface area contributed by atoms with Crippen molar-refractivity contribution in [3.8, 4) is 0 Å². The molecule has 0 aliphatic heterocycles. The van der Waals surface area contributed by atoms with Crippen LogP contribution in [0.4, 0.5) is 0 Å². The number of ether oxygens (including phenoxy) is 3. The van der Waals surface area contributed by atoms with E-state index < -0.39 is 23.3 Å². The molecule has 0 amide bonds. The van der Waals surface area contributed by atoms with Gasteiger partial charge in [-0.3, -0.25) is 9.59 Å². The molecule has 0 aliphatic rings. The van der Waals surface area contributed by atoms with Gasteiger partial charge < -0.3 is 18.8 Å². The Morgan fingerprint density at radius 3 is 2.00 bits per heavy atom. The standard InChI is InChI=1S/C15H21NO6/c1-6-21-13(18)15(3,14(19)22-7-2)11-9-8-10(16(11)4)12(17)20-5/h8-9H,6-7H2,1-5H3. The number of carbonyl (C=O) groups is 3. The van der Waals surface area contributed by atoms with Gasteiger partial charge in [0.1, 0.15) is 5.69 Å². The van der Waals surface area contributed by atoms with Crippen LogP contribution in [-0.4, -0.2) is 42.8 Å². The number of carbonyl (C=O) groups excluding carboxylic acids is 3. The molecule has 7 nitrogen and oxygen atoms in total. The maximum absolute atomic E-state index is 12.3. The molecule has 122 valence electrons. The summed E-state index contributed by atoms with van der Waals surface area (Å²) in [7, 11) is 2.82. The van der Waals surface area contributed by atoms with Crippen LogP contribution >= 0.6 is 0 Å². The zero-order valence-corrected chi connectivity index (χ0v) is 13.5. The lowest BCUT2D eigenvalue weighted by Crippen LogP contribution is -2.45. The Hall–Kier alpha value is -2.31. The summed E-state index contributed by atoms with van der Waals surface area (Å²) < 4.78 is 16.1. The van der Waals surface area contributed by atoms with Crippen LogP contribution in [0.2, 0.25) is 0 Å². The van der Waals surface area contributed by atoms with Gasteiger partial charge in [-0.1, -0.05) is 0 Å². The summed E-state index contributed by atoms with van der Waals surface area (Å²) in [5.41, 5.74) is -1.14. The molecule has 0 atom stereocenters.